The van der Waals surface area contributed by atoms with Gasteiger partial charge in [-0.25, -0.2) is 4.98 Å². The van der Waals surface area contributed by atoms with Crippen molar-refractivity contribution in [3.63, 3.8) is 0 Å². The van der Waals surface area contributed by atoms with Crippen LogP contribution in [0.1, 0.15) is 38.3 Å². The van der Waals surface area contributed by atoms with Gasteiger partial charge in [0.2, 0.25) is 0 Å². The quantitative estimate of drug-likeness (QED) is 0.610. The van der Waals surface area contributed by atoms with Crippen molar-refractivity contribution in [2.75, 3.05) is 11.9 Å². The van der Waals surface area contributed by atoms with Crippen molar-refractivity contribution in [1.82, 2.24) is 14.3 Å². The molecule has 142 valence electrons. The molecule has 3 rings (SSSR count). The number of nitrogens with zero attached hydrogens (tertiary/aromatic N) is 3. The lowest BCUT2D eigenvalue weighted by Crippen LogP contribution is -2.36. The van der Waals surface area contributed by atoms with Crippen molar-refractivity contribution in [3.8, 4) is 0 Å². The SMILES string of the molecule is CCNc1nc2c(C)cccn2c(=O)c1/C=C1/SC(=S)N(C(C)CC)C1=O. The van der Waals surface area contributed by atoms with E-state index in [2.05, 4.69) is 10.3 Å². The number of carbonyl (C=O) groups is 1. The van der Waals surface area contributed by atoms with Crippen LogP contribution < -0.4 is 10.9 Å². The summed E-state index contributed by atoms with van der Waals surface area (Å²) in [7, 11) is 0. The third-order valence-electron chi connectivity index (χ3n) is 4.56. The van der Waals surface area contributed by atoms with E-state index in [-0.39, 0.29) is 17.5 Å². The molecule has 1 aliphatic rings. The molecule has 1 aliphatic heterocycles. The predicted octanol–water partition coefficient (Wildman–Crippen LogP) is 3.43. The van der Waals surface area contributed by atoms with E-state index >= 15 is 0 Å². The summed E-state index contributed by atoms with van der Waals surface area (Å²) >= 11 is 6.61. The van der Waals surface area contributed by atoms with E-state index in [9.17, 15) is 9.59 Å². The third-order valence-corrected chi connectivity index (χ3v) is 5.89. The molecule has 0 radical (unpaired) electrons. The Hall–Kier alpha value is -2.19. The van der Waals surface area contributed by atoms with Gasteiger partial charge in [-0.3, -0.25) is 18.9 Å². The Balaban J connectivity index is 2.17. The first kappa shape index (κ1) is 19.6. The number of hydrogen-bond acceptors (Lipinski definition) is 6. The van der Waals surface area contributed by atoms with Crippen LogP contribution in [0.5, 0.6) is 0 Å². The van der Waals surface area contributed by atoms with Crippen LogP contribution in [0.15, 0.2) is 28.0 Å². The fourth-order valence-electron chi connectivity index (χ4n) is 2.92. The first-order valence-electron chi connectivity index (χ1n) is 8.91. The van der Waals surface area contributed by atoms with E-state index in [0.29, 0.717) is 32.8 Å². The standard InChI is InChI=1S/C19H22N4O2S2/c1-5-12(4)23-18(25)14(27-19(23)26)10-13-15(20-6-2)21-16-11(3)8-7-9-22(16)17(13)24/h7-10,12,20H,5-6H2,1-4H3/b14-10+. The molecule has 0 spiro atoms. The zero-order chi connectivity index (χ0) is 19.7. The van der Waals surface area contributed by atoms with Crippen LogP contribution in [-0.2, 0) is 4.79 Å². The number of aromatic nitrogens is 2. The molecule has 1 saturated heterocycles. The van der Waals surface area contributed by atoms with Gasteiger partial charge in [0.25, 0.3) is 11.5 Å². The fraction of sp³-hybridized carbons (Fsp3) is 0.368. The number of thioether (sulfide) groups is 1. The van der Waals surface area contributed by atoms with Gasteiger partial charge in [-0.2, -0.15) is 0 Å². The minimum atomic E-state index is -0.214. The summed E-state index contributed by atoms with van der Waals surface area (Å²) < 4.78 is 2.03. The number of aryl methyl sites for hydroxylation is 1. The van der Waals surface area contributed by atoms with E-state index < -0.39 is 0 Å². The minimum absolute atomic E-state index is 0.0233. The summed E-state index contributed by atoms with van der Waals surface area (Å²) in [5.74, 6) is 0.321. The average Bonchev–Trinajstić information content (AvgIpc) is 2.92. The molecule has 1 atom stereocenters. The molecule has 2 aromatic heterocycles. The number of fused-ring (bicyclic) bond motifs is 1. The van der Waals surface area contributed by atoms with Crippen molar-refractivity contribution >= 4 is 51.7 Å². The lowest BCUT2D eigenvalue weighted by molar-refractivity contribution is -0.123. The molecule has 8 heteroatoms. The highest BCUT2D eigenvalue weighted by Crippen LogP contribution is 2.34. The predicted molar refractivity (Wildman–Crippen MR) is 115 cm³/mol. The number of hydrogen-bond donors (Lipinski definition) is 1. The van der Waals surface area contributed by atoms with E-state index in [1.165, 1.54) is 16.2 Å². The topological polar surface area (TPSA) is 66.7 Å². The molecular weight excluding hydrogens is 380 g/mol. The largest absolute Gasteiger partial charge is 0.370 e. The van der Waals surface area contributed by atoms with Gasteiger partial charge in [0.1, 0.15) is 15.8 Å². The summed E-state index contributed by atoms with van der Waals surface area (Å²) in [6.07, 6.45) is 4.11. The normalized spacial score (nSPS) is 17.2. The molecule has 2 aromatic rings. The fourth-order valence-corrected chi connectivity index (χ4v) is 4.36. The van der Waals surface area contributed by atoms with Gasteiger partial charge in [0.15, 0.2) is 0 Å². The van der Waals surface area contributed by atoms with Crippen LogP contribution in [0.2, 0.25) is 0 Å². The van der Waals surface area contributed by atoms with E-state index in [1.54, 1.807) is 17.2 Å². The molecule has 0 bridgehead atoms. The molecule has 1 N–H and O–H groups in total. The Bertz CT molecular complexity index is 1010. The molecule has 6 nitrogen and oxygen atoms in total. The highest BCUT2D eigenvalue weighted by atomic mass is 32.2. The lowest BCUT2D eigenvalue weighted by Gasteiger charge is -2.21. The number of rotatable bonds is 5. The monoisotopic (exact) mass is 402 g/mol. The molecule has 3 heterocycles. The van der Waals surface area contributed by atoms with Gasteiger partial charge < -0.3 is 5.32 Å². The molecule has 1 unspecified atom stereocenters. The average molecular weight is 403 g/mol. The molecule has 0 aromatic carbocycles. The smallest absolute Gasteiger partial charge is 0.267 e. The molecule has 1 fully saturated rings. The van der Waals surface area contributed by atoms with E-state index in [4.69, 9.17) is 12.2 Å². The number of amides is 1. The van der Waals surface area contributed by atoms with Crippen molar-refractivity contribution in [3.05, 3.63) is 44.7 Å². The Kier molecular flexibility index (Phi) is 5.67. The number of pyridine rings is 1. The second-order valence-electron chi connectivity index (χ2n) is 6.40. The first-order valence-corrected chi connectivity index (χ1v) is 10.1. The second-order valence-corrected chi connectivity index (χ2v) is 8.08. The van der Waals surface area contributed by atoms with Gasteiger partial charge in [0, 0.05) is 18.8 Å². The van der Waals surface area contributed by atoms with Gasteiger partial charge in [-0.15, -0.1) is 0 Å². The van der Waals surface area contributed by atoms with Gasteiger partial charge in [0.05, 0.1) is 10.5 Å². The number of nitrogens with one attached hydrogen (secondary N) is 1. The van der Waals surface area contributed by atoms with Gasteiger partial charge in [-0.05, 0) is 44.9 Å². The minimum Gasteiger partial charge on any atom is -0.370 e. The first-order chi connectivity index (χ1) is 12.9. The van der Waals surface area contributed by atoms with Crippen LogP contribution in [-0.4, -0.2) is 37.1 Å². The summed E-state index contributed by atoms with van der Waals surface area (Å²) in [6.45, 7) is 8.44. The number of thiocarbonyl (C=S) groups is 1. The van der Waals surface area contributed by atoms with E-state index in [0.717, 1.165) is 12.0 Å². The second kappa shape index (κ2) is 7.82. The van der Waals surface area contributed by atoms with Gasteiger partial charge >= 0.3 is 0 Å². The highest BCUT2D eigenvalue weighted by molar-refractivity contribution is 8.26. The summed E-state index contributed by atoms with van der Waals surface area (Å²) in [5.41, 5.74) is 1.66. The van der Waals surface area contributed by atoms with Crippen molar-refractivity contribution < 1.29 is 4.79 Å². The summed E-state index contributed by atoms with van der Waals surface area (Å²) in [6, 6.07) is 3.74. The Labute approximate surface area is 167 Å². The number of carbonyl (C=O) groups excluding carboxylic acids is 1. The van der Waals surface area contributed by atoms with Crippen LogP contribution in [0, 0.1) is 6.92 Å². The molecule has 27 heavy (non-hydrogen) atoms. The maximum Gasteiger partial charge on any atom is 0.267 e. The Morgan fingerprint density at radius 2 is 2.11 bits per heavy atom. The van der Waals surface area contributed by atoms with Crippen LogP contribution in [0.4, 0.5) is 5.82 Å². The van der Waals surface area contributed by atoms with Crippen LogP contribution in [0.25, 0.3) is 11.7 Å². The molecule has 0 saturated carbocycles. The molecule has 0 aliphatic carbocycles. The van der Waals surface area contributed by atoms with Crippen LogP contribution in [0.3, 0.4) is 0 Å². The van der Waals surface area contributed by atoms with Gasteiger partial charge in [-0.1, -0.05) is 37.0 Å². The van der Waals surface area contributed by atoms with Crippen LogP contribution >= 0.6 is 24.0 Å². The zero-order valence-corrected chi connectivity index (χ0v) is 17.4. The zero-order valence-electron chi connectivity index (χ0n) is 15.8. The van der Waals surface area contributed by atoms with Crippen molar-refractivity contribution in [1.29, 1.82) is 0 Å². The summed E-state index contributed by atoms with van der Waals surface area (Å²) in [4.78, 5) is 32.6. The maximum absolute atomic E-state index is 13.1. The Morgan fingerprint density at radius 1 is 1.37 bits per heavy atom. The van der Waals surface area contributed by atoms with Crippen molar-refractivity contribution in [2.24, 2.45) is 0 Å². The van der Waals surface area contributed by atoms with Crippen molar-refractivity contribution in [2.45, 2.75) is 40.2 Å². The Morgan fingerprint density at radius 3 is 2.78 bits per heavy atom. The third kappa shape index (κ3) is 3.51. The lowest BCUT2D eigenvalue weighted by atomic mass is 10.2. The molecule has 1 amide bonds. The maximum atomic E-state index is 13.1. The highest BCUT2D eigenvalue weighted by Gasteiger charge is 2.35. The van der Waals surface area contributed by atoms with E-state index in [1.807, 2.05) is 39.8 Å². The number of anilines is 1. The summed E-state index contributed by atoms with van der Waals surface area (Å²) in [5, 5.41) is 3.15. The molecular formula is C19H22N4O2S2.